The average Bonchev–Trinajstić information content (AvgIpc) is 3.43. The number of halogens is 1. The first kappa shape index (κ1) is 29.8. The second-order valence-corrected chi connectivity index (χ2v) is 11.7. The lowest BCUT2D eigenvalue weighted by Crippen LogP contribution is -2.49. The molecule has 1 N–H and O–H groups in total. The van der Waals surface area contributed by atoms with Crippen LogP contribution in [0.25, 0.3) is 5.69 Å². The van der Waals surface area contributed by atoms with Gasteiger partial charge in [-0.05, 0) is 99.2 Å². The Kier molecular flexibility index (Phi) is 8.24. The van der Waals surface area contributed by atoms with Crippen LogP contribution in [0.5, 0.6) is 5.75 Å². The summed E-state index contributed by atoms with van der Waals surface area (Å²) < 4.78 is 16.6. The molecule has 0 bridgehead atoms. The summed E-state index contributed by atoms with van der Waals surface area (Å²) in [6.45, 7) is 2.97. The Bertz CT molecular complexity index is 1850. The van der Waals surface area contributed by atoms with Crippen LogP contribution >= 0.6 is 0 Å². The summed E-state index contributed by atoms with van der Waals surface area (Å²) in [6.07, 6.45) is 2.38. The summed E-state index contributed by atoms with van der Waals surface area (Å²) in [5, 5.41) is 9.85. The molecule has 7 nitrogen and oxygen atoms in total. The van der Waals surface area contributed by atoms with Crippen LogP contribution in [0.3, 0.4) is 0 Å². The summed E-state index contributed by atoms with van der Waals surface area (Å²) in [7, 11) is 3.98. The fourth-order valence-corrected chi connectivity index (χ4v) is 6.09. The van der Waals surface area contributed by atoms with E-state index in [1.165, 1.54) is 35.9 Å². The normalized spacial score (nSPS) is 14.3. The van der Waals surface area contributed by atoms with E-state index in [-0.39, 0.29) is 23.6 Å². The summed E-state index contributed by atoms with van der Waals surface area (Å²) in [4.78, 5) is 34.0. The van der Waals surface area contributed by atoms with Crippen molar-refractivity contribution in [2.75, 3.05) is 25.5 Å². The van der Waals surface area contributed by atoms with Crippen LogP contribution in [0, 0.1) is 12.7 Å². The molecule has 0 fully saturated rings. The van der Waals surface area contributed by atoms with Gasteiger partial charge in [0, 0.05) is 42.4 Å². The van der Waals surface area contributed by atoms with Crippen LogP contribution < -0.4 is 4.90 Å². The fourth-order valence-electron chi connectivity index (χ4n) is 6.09. The van der Waals surface area contributed by atoms with Gasteiger partial charge in [0.15, 0.2) is 0 Å². The molecule has 4 aromatic carbocycles. The maximum Gasteiger partial charge on any atom is 0.264 e. The summed E-state index contributed by atoms with van der Waals surface area (Å²) in [5.74, 6) is -0.889. The molecule has 1 aliphatic heterocycles. The average molecular weight is 603 g/mol. The van der Waals surface area contributed by atoms with Gasteiger partial charge in [-0.25, -0.2) is 4.39 Å². The Balaban J connectivity index is 1.39. The molecule has 0 spiro atoms. The third kappa shape index (κ3) is 6.10. The van der Waals surface area contributed by atoms with Gasteiger partial charge in [0.1, 0.15) is 11.6 Å². The third-order valence-electron chi connectivity index (χ3n) is 8.23. The Morgan fingerprint density at radius 1 is 0.867 bits per heavy atom. The number of fused-ring (bicyclic) bond motifs is 1. The van der Waals surface area contributed by atoms with Crippen molar-refractivity contribution in [2.45, 2.75) is 25.9 Å². The first-order valence-corrected chi connectivity index (χ1v) is 14.9. The number of hydrogen-bond donors (Lipinski definition) is 1. The van der Waals surface area contributed by atoms with Crippen molar-refractivity contribution in [2.24, 2.45) is 0 Å². The predicted molar refractivity (Wildman–Crippen MR) is 174 cm³/mol. The highest BCUT2D eigenvalue weighted by molar-refractivity contribution is 6.11. The lowest BCUT2D eigenvalue weighted by molar-refractivity contribution is 0.0606. The third-order valence-corrected chi connectivity index (χ3v) is 8.23. The number of likely N-dealkylation sites (N-methyl/N-ethyl adjacent to an activating group) is 1. The molecule has 8 heteroatoms. The number of anilines is 2. The maximum absolute atomic E-state index is 14.8. The van der Waals surface area contributed by atoms with Gasteiger partial charge < -0.3 is 19.5 Å². The topological polar surface area (TPSA) is 69.0 Å². The lowest BCUT2D eigenvalue weighted by Gasteiger charge is -2.38. The minimum absolute atomic E-state index is 0.0621. The number of amides is 2. The number of rotatable bonds is 7. The Morgan fingerprint density at radius 2 is 1.53 bits per heavy atom. The van der Waals surface area contributed by atoms with E-state index in [9.17, 15) is 19.1 Å². The van der Waals surface area contributed by atoms with Gasteiger partial charge in [0.25, 0.3) is 11.8 Å². The molecular weight excluding hydrogens is 567 g/mol. The van der Waals surface area contributed by atoms with Gasteiger partial charge in [-0.3, -0.25) is 14.5 Å². The summed E-state index contributed by atoms with van der Waals surface area (Å²) in [5.41, 5.74) is 5.32. The number of benzene rings is 4. The molecule has 0 aliphatic carbocycles. The molecular formula is C37H35FN4O3. The van der Waals surface area contributed by atoms with E-state index in [0.29, 0.717) is 47.0 Å². The molecule has 6 rings (SSSR count). The van der Waals surface area contributed by atoms with Crippen LogP contribution in [0.15, 0.2) is 109 Å². The Hall–Kier alpha value is -5.21. The van der Waals surface area contributed by atoms with Crippen molar-refractivity contribution >= 4 is 23.2 Å². The van der Waals surface area contributed by atoms with Crippen molar-refractivity contribution in [3.05, 3.63) is 143 Å². The quantitative estimate of drug-likeness (QED) is 0.224. The van der Waals surface area contributed by atoms with Crippen molar-refractivity contribution in [3.63, 3.8) is 0 Å². The van der Waals surface area contributed by atoms with Crippen molar-refractivity contribution in [3.8, 4) is 11.4 Å². The van der Waals surface area contributed by atoms with E-state index >= 15 is 0 Å². The highest BCUT2D eigenvalue weighted by atomic mass is 19.1. The second kappa shape index (κ2) is 12.4. The first-order chi connectivity index (χ1) is 21.7. The van der Waals surface area contributed by atoms with Crippen molar-refractivity contribution < 1.29 is 19.1 Å². The van der Waals surface area contributed by atoms with Gasteiger partial charge in [0.05, 0.1) is 16.8 Å². The minimum atomic E-state index is -0.480. The first-order valence-electron chi connectivity index (χ1n) is 14.9. The van der Waals surface area contributed by atoms with Gasteiger partial charge in [0.2, 0.25) is 0 Å². The van der Waals surface area contributed by atoms with Gasteiger partial charge in [-0.15, -0.1) is 0 Å². The van der Waals surface area contributed by atoms with E-state index in [0.717, 1.165) is 12.0 Å². The number of hydrogen-bond acceptors (Lipinski definition) is 4. The SMILES string of the molecule is Cc1cc(C(=O)N(c2ccccc2)c2ccc(O)cc2)cn1-c1cc(F)ccc1C(=O)N1Cc2ccccc2C[C@H]1CN(C)C. The molecule has 1 aromatic heterocycles. The number of para-hydroxylation sites is 1. The zero-order valence-electron chi connectivity index (χ0n) is 25.5. The zero-order valence-corrected chi connectivity index (χ0v) is 25.5. The standard InChI is InChI=1S/C37H35FN4O3/c1-25-19-28(36(44)42(30-11-5-4-6-12-30)31-14-16-33(43)17-15-31)23-40(25)35-21-29(38)13-18-34(35)37(45)41-22-27-10-8-7-9-26(27)20-32(41)24-39(2)3/h4-19,21,23,32,43H,20,22,24H2,1-3H3/t32-/m0/s1. The number of nitrogens with zero attached hydrogens (tertiary/aromatic N) is 4. The Labute approximate surface area is 262 Å². The van der Waals surface area contributed by atoms with E-state index in [2.05, 4.69) is 11.0 Å². The predicted octanol–water partition coefficient (Wildman–Crippen LogP) is 6.74. The number of aryl methyl sites for hydroxylation is 1. The van der Waals surface area contributed by atoms with E-state index in [4.69, 9.17) is 0 Å². The van der Waals surface area contributed by atoms with Crippen LogP contribution in [-0.4, -0.2) is 58.0 Å². The monoisotopic (exact) mass is 602 g/mol. The van der Waals surface area contributed by atoms with Crippen LogP contribution in [0.4, 0.5) is 15.8 Å². The van der Waals surface area contributed by atoms with Crippen LogP contribution in [0.1, 0.15) is 37.5 Å². The number of carbonyl (C=O) groups excluding carboxylic acids is 2. The van der Waals surface area contributed by atoms with Gasteiger partial charge in [-0.1, -0.05) is 42.5 Å². The molecule has 228 valence electrons. The number of aromatic nitrogens is 1. The van der Waals surface area contributed by atoms with Crippen molar-refractivity contribution in [1.82, 2.24) is 14.4 Å². The molecule has 0 saturated heterocycles. The minimum Gasteiger partial charge on any atom is -0.508 e. The fraction of sp³-hybridized carbons (Fsp3) is 0.189. The van der Waals surface area contributed by atoms with E-state index in [1.807, 2.05) is 74.4 Å². The summed E-state index contributed by atoms with van der Waals surface area (Å²) in [6, 6.07) is 29.7. The molecule has 5 aromatic rings. The number of phenolic OH excluding ortho intramolecular Hbond substituents is 1. The van der Waals surface area contributed by atoms with E-state index < -0.39 is 5.82 Å². The molecule has 0 saturated carbocycles. The Morgan fingerprint density at radius 3 is 2.24 bits per heavy atom. The molecule has 1 aliphatic rings. The van der Waals surface area contributed by atoms with Gasteiger partial charge >= 0.3 is 0 Å². The van der Waals surface area contributed by atoms with Crippen LogP contribution in [0.2, 0.25) is 0 Å². The molecule has 0 radical (unpaired) electrons. The highest BCUT2D eigenvalue weighted by Gasteiger charge is 2.32. The van der Waals surface area contributed by atoms with Crippen LogP contribution in [-0.2, 0) is 13.0 Å². The molecule has 2 heterocycles. The highest BCUT2D eigenvalue weighted by Crippen LogP contribution is 2.32. The van der Waals surface area contributed by atoms with Gasteiger partial charge in [-0.2, -0.15) is 0 Å². The van der Waals surface area contributed by atoms with Crippen molar-refractivity contribution in [1.29, 1.82) is 0 Å². The zero-order chi connectivity index (χ0) is 31.7. The molecule has 2 amide bonds. The number of phenols is 1. The smallest absolute Gasteiger partial charge is 0.264 e. The second-order valence-electron chi connectivity index (χ2n) is 11.7. The maximum atomic E-state index is 14.8. The summed E-state index contributed by atoms with van der Waals surface area (Å²) >= 11 is 0. The largest absolute Gasteiger partial charge is 0.508 e. The lowest BCUT2D eigenvalue weighted by atomic mass is 9.93. The number of carbonyl (C=O) groups is 2. The molecule has 45 heavy (non-hydrogen) atoms. The van der Waals surface area contributed by atoms with E-state index in [1.54, 1.807) is 33.9 Å². The molecule has 0 unspecified atom stereocenters. The molecule has 1 atom stereocenters. The number of aromatic hydroxyl groups is 1.